The molecule has 140 valence electrons. The summed E-state index contributed by atoms with van der Waals surface area (Å²) >= 11 is 0. The molecule has 0 saturated heterocycles. The predicted octanol–water partition coefficient (Wildman–Crippen LogP) is 3.52. The number of likely N-dealkylation sites (N-methyl/N-ethyl adjacent to an activating group) is 1. The van der Waals surface area contributed by atoms with E-state index in [9.17, 15) is 9.59 Å². The number of carbonyl (C=O) groups excluding carboxylic acids is 2. The molecular formula is C24H22N2O2. The van der Waals surface area contributed by atoms with Gasteiger partial charge in [-0.25, -0.2) is 0 Å². The normalized spacial score (nSPS) is 15.4. The Morgan fingerprint density at radius 3 is 1.96 bits per heavy atom. The van der Waals surface area contributed by atoms with Gasteiger partial charge in [-0.1, -0.05) is 78.9 Å². The predicted molar refractivity (Wildman–Crippen MR) is 110 cm³/mol. The quantitative estimate of drug-likeness (QED) is 0.764. The van der Waals surface area contributed by atoms with Crippen molar-refractivity contribution in [3.05, 3.63) is 102 Å². The molecule has 1 aliphatic rings. The van der Waals surface area contributed by atoms with Crippen LogP contribution in [-0.4, -0.2) is 24.9 Å². The van der Waals surface area contributed by atoms with Crippen LogP contribution in [0.3, 0.4) is 0 Å². The van der Waals surface area contributed by atoms with E-state index in [2.05, 4.69) is 5.32 Å². The zero-order valence-corrected chi connectivity index (χ0v) is 15.7. The minimum Gasteiger partial charge on any atom is -0.357 e. The van der Waals surface area contributed by atoms with E-state index < -0.39 is 12.0 Å². The first-order chi connectivity index (χ1) is 13.7. The smallest absolute Gasteiger partial charge is 0.243 e. The fourth-order valence-electron chi connectivity index (χ4n) is 3.94. The van der Waals surface area contributed by atoms with E-state index in [1.165, 1.54) is 0 Å². The van der Waals surface area contributed by atoms with Crippen LogP contribution < -0.4 is 10.2 Å². The first kappa shape index (κ1) is 18.0. The van der Waals surface area contributed by atoms with Crippen LogP contribution in [0.5, 0.6) is 0 Å². The van der Waals surface area contributed by atoms with Crippen molar-refractivity contribution in [2.45, 2.75) is 18.4 Å². The highest BCUT2D eigenvalue weighted by Gasteiger charge is 2.41. The van der Waals surface area contributed by atoms with E-state index in [-0.39, 0.29) is 11.8 Å². The molecule has 3 aromatic rings. The Balaban J connectivity index is 1.82. The van der Waals surface area contributed by atoms with Gasteiger partial charge >= 0.3 is 0 Å². The summed E-state index contributed by atoms with van der Waals surface area (Å²) in [5, 5.41) is 2.71. The van der Waals surface area contributed by atoms with Crippen LogP contribution in [0.1, 0.15) is 22.6 Å². The number of nitrogens with zero attached hydrogens (tertiary/aromatic N) is 1. The van der Waals surface area contributed by atoms with Gasteiger partial charge in [0.15, 0.2) is 0 Å². The molecule has 0 saturated carbocycles. The number of fused-ring (bicyclic) bond motifs is 1. The van der Waals surface area contributed by atoms with Crippen LogP contribution in [0.15, 0.2) is 84.9 Å². The summed E-state index contributed by atoms with van der Waals surface area (Å²) in [6, 6.07) is 26.7. The van der Waals surface area contributed by atoms with Crippen molar-refractivity contribution in [2.75, 3.05) is 11.9 Å². The second-order valence-electron chi connectivity index (χ2n) is 6.93. The molecule has 0 aromatic heterocycles. The molecule has 4 nitrogen and oxygen atoms in total. The lowest BCUT2D eigenvalue weighted by Gasteiger charge is -2.29. The molecule has 3 aromatic carbocycles. The summed E-state index contributed by atoms with van der Waals surface area (Å²) in [5.41, 5.74) is 3.67. The molecule has 1 heterocycles. The average molecular weight is 370 g/mol. The van der Waals surface area contributed by atoms with Gasteiger partial charge < -0.3 is 5.32 Å². The van der Waals surface area contributed by atoms with Gasteiger partial charge in [-0.2, -0.15) is 0 Å². The topological polar surface area (TPSA) is 49.4 Å². The van der Waals surface area contributed by atoms with Crippen molar-refractivity contribution < 1.29 is 9.59 Å². The molecule has 1 aliphatic heterocycles. The van der Waals surface area contributed by atoms with Crippen molar-refractivity contribution in [3.63, 3.8) is 0 Å². The summed E-state index contributed by atoms with van der Waals surface area (Å²) in [6.45, 7) is 0. The molecule has 4 heteroatoms. The fourth-order valence-corrected chi connectivity index (χ4v) is 3.94. The third kappa shape index (κ3) is 3.18. The Labute approximate surface area is 164 Å². The minimum absolute atomic E-state index is 0.0871. The summed E-state index contributed by atoms with van der Waals surface area (Å²) in [5.74, 6) is -0.707. The van der Waals surface area contributed by atoms with E-state index in [1.807, 2.05) is 84.9 Å². The number of carbonyl (C=O) groups is 2. The number of benzene rings is 3. The summed E-state index contributed by atoms with van der Waals surface area (Å²) in [7, 11) is 1.61. The fraction of sp³-hybridized carbons (Fsp3) is 0.167. The van der Waals surface area contributed by atoms with Gasteiger partial charge in [-0.3, -0.25) is 14.5 Å². The van der Waals surface area contributed by atoms with E-state index >= 15 is 0 Å². The van der Waals surface area contributed by atoms with Crippen molar-refractivity contribution in [3.8, 4) is 0 Å². The lowest BCUT2D eigenvalue weighted by Crippen LogP contribution is -2.48. The van der Waals surface area contributed by atoms with Crippen LogP contribution >= 0.6 is 0 Å². The van der Waals surface area contributed by atoms with E-state index in [4.69, 9.17) is 0 Å². The Morgan fingerprint density at radius 1 is 0.857 bits per heavy atom. The maximum atomic E-state index is 13.9. The van der Waals surface area contributed by atoms with Gasteiger partial charge in [0.25, 0.3) is 0 Å². The number of hydrogen-bond acceptors (Lipinski definition) is 2. The van der Waals surface area contributed by atoms with Crippen molar-refractivity contribution in [1.29, 1.82) is 0 Å². The van der Waals surface area contributed by atoms with Crippen LogP contribution in [0.2, 0.25) is 0 Å². The number of hydrogen-bond donors (Lipinski definition) is 1. The molecule has 0 bridgehead atoms. The van der Waals surface area contributed by atoms with E-state index in [1.54, 1.807) is 11.9 Å². The second kappa shape index (κ2) is 7.69. The zero-order chi connectivity index (χ0) is 19.5. The van der Waals surface area contributed by atoms with Gasteiger partial charge in [0, 0.05) is 19.2 Å². The Kier molecular flexibility index (Phi) is 4.94. The summed E-state index contributed by atoms with van der Waals surface area (Å²) in [6.07, 6.45) is 0.526. The lowest BCUT2D eigenvalue weighted by atomic mass is 9.89. The molecule has 0 fully saturated rings. The zero-order valence-electron chi connectivity index (χ0n) is 15.7. The highest BCUT2D eigenvalue weighted by Crippen LogP contribution is 2.37. The first-order valence-corrected chi connectivity index (χ1v) is 9.43. The summed E-state index contributed by atoms with van der Waals surface area (Å²) < 4.78 is 0. The van der Waals surface area contributed by atoms with E-state index in [0.717, 1.165) is 22.4 Å². The molecule has 1 atom stereocenters. The average Bonchev–Trinajstić information content (AvgIpc) is 3.14. The standard InChI is InChI=1S/C24H22N2O2/c1-25-23(27)21-16-19-14-8-9-15-20(19)26(21)24(28)22(17-10-4-2-5-11-17)18-12-6-3-7-13-18/h2-15,21-22H,16H2,1H3,(H,25,27). The van der Waals surface area contributed by atoms with Crippen molar-refractivity contribution in [2.24, 2.45) is 0 Å². The molecular weight excluding hydrogens is 348 g/mol. The van der Waals surface area contributed by atoms with Gasteiger partial charge in [-0.05, 0) is 22.8 Å². The third-order valence-corrected chi connectivity index (χ3v) is 5.28. The van der Waals surface area contributed by atoms with Gasteiger partial charge in [-0.15, -0.1) is 0 Å². The van der Waals surface area contributed by atoms with Crippen LogP contribution in [-0.2, 0) is 16.0 Å². The van der Waals surface area contributed by atoms with Crippen LogP contribution in [0, 0.1) is 0 Å². The molecule has 28 heavy (non-hydrogen) atoms. The summed E-state index contributed by atoms with van der Waals surface area (Å²) in [4.78, 5) is 28.2. The molecule has 1 N–H and O–H groups in total. The maximum absolute atomic E-state index is 13.9. The maximum Gasteiger partial charge on any atom is 0.243 e. The Bertz CT molecular complexity index is 946. The second-order valence-corrected chi connectivity index (χ2v) is 6.93. The van der Waals surface area contributed by atoms with Crippen LogP contribution in [0.25, 0.3) is 0 Å². The number of amides is 2. The number of anilines is 1. The molecule has 0 aliphatic carbocycles. The van der Waals surface area contributed by atoms with Crippen molar-refractivity contribution in [1.82, 2.24) is 5.32 Å². The van der Waals surface area contributed by atoms with Gasteiger partial charge in [0.05, 0.1) is 5.92 Å². The number of para-hydroxylation sites is 1. The highest BCUT2D eigenvalue weighted by atomic mass is 16.2. The SMILES string of the molecule is CNC(=O)C1Cc2ccccc2N1C(=O)C(c1ccccc1)c1ccccc1. The largest absolute Gasteiger partial charge is 0.357 e. The van der Waals surface area contributed by atoms with E-state index in [0.29, 0.717) is 6.42 Å². The molecule has 2 amide bonds. The van der Waals surface area contributed by atoms with Crippen LogP contribution in [0.4, 0.5) is 5.69 Å². The molecule has 1 unspecified atom stereocenters. The lowest BCUT2D eigenvalue weighted by molar-refractivity contribution is -0.126. The third-order valence-electron chi connectivity index (χ3n) is 5.28. The molecule has 4 rings (SSSR count). The first-order valence-electron chi connectivity index (χ1n) is 9.43. The Hall–Kier alpha value is -3.40. The number of rotatable bonds is 4. The van der Waals surface area contributed by atoms with Crippen molar-refractivity contribution >= 4 is 17.5 Å². The number of nitrogens with one attached hydrogen (secondary N) is 1. The van der Waals surface area contributed by atoms with Gasteiger partial charge in [0.1, 0.15) is 6.04 Å². The molecule has 0 radical (unpaired) electrons. The highest BCUT2D eigenvalue weighted by molar-refractivity contribution is 6.07. The molecule has 0 spiro atoms. The Morgan fingerprint density at radius 2 is 1.39 bits per heavy atom. The minimum atomic E-state index is -0.537. The monoisotopic (exact) mass is 370 g/mol. The van der Waals surface area contributed by atoms with Gasteiger partial charge in [0.2, 0.25) is 11.8 Å².